The smallest absolute Gasteiger partial charge is 0.325 e. The summed E-state index contributed by atoms with van der Waals surface area (Å²) >= 11 is 7.17. The molecule has 0 aromatic rings. The van der Waals surface area contributed by atoms with E-state index in [0.717, 1.165) is 0 Å². The number of carbonyl (C=O) groups excluding carboxylic acids is 1. The molecule has 6 heteroatoms. The highest BCUT2D eigenvalue weighted by Crippen LogP contribution is 2.29. The molecule has 1 fully saturated rings. The van der Waals surface area contributed by atoms with Crippen molar-refractivity contribution in [3.05, 3.63) is 0 Å². The van der Waals surface area contributed by atoms with Gasteiger partial charge in [-0.3, -0.25) is 4.79 Å². The Hall–Kier alpha value is -0.420. The van der Waals surface area contributed by atoms with E-state index in [1.807, 2.05) is 0 Å². The molecule has 4 nitrogen and oxygen atoms in total. The lowest BCUT2D eigenvalue weighted by Crippen LogP contribution is -2.30. The van der Waals surface area contributed by atoms with Gasteiger partial charge in [-0.1, -0.05) is 5.16 Å². The molecule has 0 spiro atoms. The first-order valence-electron chi connectivity index (χ1n) is 4.24. The first-order valence-corrected chi connectivity index (χ1v) is 5.72. The Kier molecular flexibility index (Phi) is 4.07. The maximum absolute atomic E-state index is 11.5. The monoisotopic (exact) mass is 237 g/mol. The zero-order chi connectivity index (χ0) is 10.7. The molecule has 0 aromatic carbocycles. The van der Waals surface area contributed by atoms with Gasteiger partial charge in [0.25, 0.3) is 0 Å². The molecule has 0 amide bonds. The van der Waals surface area contributed by atoms with Gasteiger partial charge in [-0.2, -0.15) is 0 Å². The molecule has 0 radical (unpaired) electrons. The fourth-order valence-electron chi connectivity index (χ4n) is 1.11. The zero-order valence-electron chi connectivity index (χ0n) is 7.94. The summed E-state index contributed by atoms with van der Waals surface area (Å²) < 4.78 is 5.00. The lowest BCUT2D eigenvalue weighted by atomic mass is 10.2. The van der Waals surface area contributed by atoms with E-state index < -0.39 is 5.25 Å². The predicted octanol–water partition coefficient (Wildman–Crippen LogP) is 1.49. The quantitative estimate of drug-likeness (QED) is 0.342. The van der Waals surface area contributed by atoms with Crippen molar-refractivity contribution >= 4 is 35.0 Å². The Bertz CT molecular complexity index is 257. The number of hydrogen-bond donors (Lipinski definition) is 1. The van der Waals surface area contributed by atoms with Gasteiger partial charge in [-0.15, -0.1) is 23.4 Å². The Morgan fingerprint density at radius 3 is 2.93 bits per heavy atom. The molecule has 1 rings (SSSR count). The van der Waals surface area contributed by atoms with E-state index in [1.165, 1.54) is 11.8 Å². The summed E-state index contributed by atoms with van der Waals surface area (Å²) in [6, 6.07) is 0. The van der Waals surface area contributed by atoms with Crippen molar-refractivity contribution in [2.75, 3.05) is 5.75 Å². The van der Waals surface area contributed by atoms with Crippen LogP contribution in [0.1, 0.15) is 13.8 Å². The number of hydrogen-bond acceptors (Lipinski definition) is 5. The molecular weight excluding hydrogens is 226 g/mol. The largest absolute Gasteiger partial charge is 0.462 e. The highest BCUT2D eigenvalue weighted by molar-refractivity contribution is 8.02. The Labute approximate surface area is 91.6 Å². The topological polar surface area (TPSA) is 58.9 Å². The van der Waals surface area contributed by atoms with Gasteiger partial charge < -0.3 is 9.94 Å². The standard InChI is InChI=1S/C8H12ClNO3S/c1-4(2)13-8(11)7-6(10-12)5(9)3-14-7/h4-5,7,12H,3H2,1-2H3. The van der Waals surface area contributed by atoms with Crippen LogP contribution >= 0.6 is 23.4 Å². The van der Waals surface area contributed by atoms with E-state index >= 15 is 0 Å². The molecule has 1 N–H and O–H groups in total. The SMILES string of the molecule is CC(C)OC(=O)C1SCC(Cl)C1=NO. The Balaban J connectivity index is 2.65. The number of thioether (sulfide) groups is 1. The van der Waals surface area contributed by atoms with Crippen molar-refractivity contribution < 1.29 is 14.7 Å². The number of carbonyl (C=O) groups is 1. The second-order valence-corrected chi connectivity index (χ2v) is 4.86. The third kappa shape index (κ3) is 2.54. The van der Waals surface area contributed by atoms with E-state index in [9.17, 15) is 4.79 Å². The minimum atomic E-state index is -0.551. The van der Waals surface area contributed by atoms with Gasteiger partial charge in [0.05, 0.1) is 17.2 Å². The van der Waals surface area contributed by atoms with Crippen LogP contribution in [0.5, 0.6) is 0 Å². The fourth-order valence-corrected chi connectivity index (χ4v) is 2.68. The zero-order valence-corrected chi connectivity index (χ0v) is 9.51. The first-order chi connectivity index (χ1) is 6.56. The van der Waals surface area contributed by atoms with Gasteiger partial charge in [-0.25, -0.2) is 0 Å². The van der Waals surface area contributed by atoms with Crippen LogP contribution in [0.25, 0.3) is 0 Å². The van der Waals surface area contributed by atoms with Crippen LogP contribution in [0, 0.1) is 0 Å². The third-order valence-corrected chi connectivity index (χ3v) is 3.53. The third-order valence-electron chi connectivity index (χ3n) is 1.68. The number of halogens is 1. The summed E-state index contributed by atoms with van der Waals surface area (Å²) in [5.74, 6) is 0.180. The average Bonchev–Trinajstić information content (AvgIpc) is 2.45. The lowest BCUT2D eigenvalue weighted by Gasteiger charge is -2.12. The van der Waals surface area contributed by atoms with Crippen LogP contribution < -0.4 is 0 Å². The second kappa shape index (κ2) is 4.89. The van der Waals surface area contributed by atoms with Crippen molar-refractivity contribution in [2.24, 2.45) is 5.16 Å². The summed E-state index contributed by atoms with van der Waals surface area (Å²) in [6.45, 7) is 3.54. The molecule has 1 aliphatic rings. The van der Waals surface area contributed by atoms with E-state index in [4.69, 9.17) is 21.5 Å². The number of ether oxygens (including phenoxy) is 1. The van der Waals surface area contributed by atoms with Crippen molar-refractivity contribution in [2.45, 2.75) is 30.6 Å². The number of rotatable bonds is 2. The highest BCUT2D eigenvalue weighted by atomic mass is 35.5. The van der Waals surface area contributed by atoms with E-state index in [0.29, 0.717) is 11.5 Å². The first kappa shape index (κ1) is 11.7. The molecule has 1 heterocycles. The molecule has 80 valence electrons. The molecule has 2 unspecified atom stereocenters. The van der Waals surface area contributed by atoms with Gasteiger partial charge in [0.15, 0.2) is 0 Å². The molecule has 0 saturated carbocycles. The number of esters is 1. The number of alkyl halides is 1. The Morgan fingerprint density at radius 1 is 1.79 bits per heavy atom. The lowest BCUT2D eigenvalue weighted by molar-refractivity contribution is -0.145. The summed E-state index contributed by atoms with van der Waals surface area (Å²) in [5.41, 5.74) is 0.294. The minimum Gasteiger partial charge on any atom is -0.462 e. The van der Waals surface area contributed by atoms with Crippen molar-refractivity contribution in [3.63, 3.8) is 0 Å². The van der Waals surface area contributed by atoms with Gasteiger partial charge >= 0.3 is 5.97 Å². The van der Waals surface area contributed by atoms with Gasteiger partial charge in [-0.05, 0) is 13.8 Å². The summed E-state index contributed by atoms with van der Waals surface area (Å²) in [6.07, 6.45) is -0.169. The van der Waals surface area contributed by atoms with Crippen molar-refractivity contribution in [3.8, 4) is 0 Å². The number of nitrogens with zero attached hydrogens (tertiary/aromatic N) is 1. The van der Waals surface area contributed by atoms with Crippen LogP contribution in [0.3, 0.4) is 0 Å². The summed E-state index contributed by atoms with van der Waals surface area (Å²) in [7, 11) is 0. The second-order valence-electron chi connectivity index (χ2n) is 3.19. The van der Waals surface area contributed by atoms with E-state index in [2.05, 4.69) is 5.16 Å². The molecule has 0 bridgehead atoms. The van der Waals surface area contributed by atoms with Gasteiger partial charge in [0, 0.05) is 5.75 Å². The summed E-state index contributed by atoms with van der Waals surface area (Å²) in [4.78, 5) is 11.5. The molecular formula is C8H12ClNO3S. The van der Waals surface area contributed by atoms with Crippen LogP contribution in [0.2, 0.25) is 0 Å². The van der Waals surface area contributed by atoms with E-state index in [1.54, 1.807) is 13.8 Å². The molecule has 1 saturated heterocycles. The van der Waals surface area contributed by atoms with Crippen LogP contribution in [-0.2, 0) is 9.53 Å². The van der Waals surface area contributed by atoms with Crippen LogP contribution in [-0.4, -0.2) is 39.4 Å². The summed E-state index contributed by atoms with van der Waals surface area (Å²) in [5, 5.41) is 10.8. The minimum absolute atomic E-state index is 0.169. The molecule has 14 heavy (non-hydrogen) atoms. The van der Waals surface area contributed by atoms with Crippen molar-refractivity contribution in [1.82, 2.24) is 0 Å². The maximum Gasteiger partial charge on any atom is 0.325 e. The van der Waals surface area contributed by atoms with E-state index in [-0.39, 0.29) is 17.5 Å². The van der Waals surface area contributed by atoms with Crippen LogP contribution in [0.15, 0.2) is 5.16 Å². The molecule has 0 aromatic heterocycles. The maximum atomic E-state index is 11.5. The molecule has 2 atom stereocenters. The fraction of sp³-hybridized carbons (Fsp3) is 0.750. The average molecular weight is 238 g/mol. The Morgan fingerprint density at radius 2 is 2.43 bits per heavy atom. The molecule has 1 aliphatic heterocycles. The number of oxime groups is 1. The van der Waals surface area contributed by atoms with Gasteiger partial charge in [0.2, 0.25) is 0 Å². The highest BCUT2D eigenvalue weighted by Gasteiger charge is 2.38. The van der Waals surface area contributed by atoms with Gasteiger partial charge in [0.1, 0.15) is 5.25 Å². The molecule has 0 aliphatic carbocycles. The predicted molar refractivity (Wildman–Crippen MR) is 56.3 cm³/mol. The van der Waals surface area contributed by atoms with Crippen LogP contribution in [0.4, 0.5) is 0 Å². The van der Waals surface area contributed by atoms with Crippen molar-refractivity contribution in [1.29, 1.82) is 0 Å². The normalized spacial score (nSPS) is 29.9.